The lowest BCUT2D eigenvalue weighted by Crippen LogP contribution is -2.51. The third kappa shape index (κ3) is 3.34. The van der Waals surface area contributed by atoms with Crippen molar-refractivity contribution in [1.29, 1.82) is 0 Å². The summed E-state index contributed by atoms with van der Waals surface area (Å²) >= 11 is 1.38. The Kier molecular flexibility index (Phi) is 4.69. The highest BCUT2D eigenvalue weighted by atomic mass is 32.1. The zero-order valence-corrected chi connectivity index (χ0v) is 14.3. The summed E-state index contributed by atoms with van der Waals surface area (Å²) in [6.45, 7) is 2.63. The standard InChI is InChI=1S/C18H20N2O3S/c1-11-2-4-12(5-3-11)15-6-7-24-16(15)17(21)20-9-13(18(22)23)8-14(19)10-20/h2-7,13-14H,8-10,19H2,1H3,(H,22,23). The van der Waals surface area contributed by atoms with Crippen molar-refractivity contribution < 1.29 is 14.7 Å². The van der Waals surface area contributed by atoms with Gasteiger partial charge in [-0.3, -0.25) is 9.59 Å². The number of nitrogens with zero attached hydrogens (tertiary/aromatic N) is 1. The van der Waals surface area contributed by atoms with Crippen molar-refractivity contribution in [2.45, 2.75) is 19.4 Å². The molecule has 1 aliphatic rings. The van der Waals surface area contributed by atoms with E-state index in [0.717, 1.165) is 16.7 Å². The van der Waals surface area contributed by atoms with Crippen LogP contribution < -0.4 is 5.73 Å². The quantitative estimate of drug-likeness (QED) is 0.896. The van der Waals surface area contributed by atoms with E-state index in [1.807, 2.05) is 42.6 Å². The predicted molar refractivity (Wildman–Crippen MR) is 94.1 cm³/mol. The summed E-state index contributed by atoms with van der Waals surface area (Å²) in [6, 6.07) is 9.65. The zero-order chi connectivity index (χ0) is 17.3. The average Bonchev–Trinajstić information content (AvgIpc) is 3.03. The number of nitrogens with two attached hydrogens (primary N) is 1. The van der Waals surface area contributed by atoms with Gasteiger partial charge in [-0.2, -0.15) is 0 Å². The fraction of sp³-hybridized carbons (Fsp3) is 0.333. The maximum atomic E-state index is 12.9. The first kappa shape index (κ1) is 16.7. The second-order valence-electron chi connectivity index (χ2n) is 6.27. The Balaban J connectivity index is 1.87. The summed E-state index contributed by atoms with van der Waals surface area (Å²) in [5.74, 6) is -1.63. The van der Waals surface area contributed by atoms with Crippen LogP contribution in [0, 0.1) is 12.8 Å². The van der Waals surface area contributed by atoms with E-state index in [0.29, 0.717) is 17.8 Å². The molecule has 126 valence electrons. The van der Waals surface area contributed by atoms with Gasteiger partial charge in [0.05, 0.1) is 10.8 Å². The third-order valence-electron chi connectivity index (χ3n) is 4.34. The molecule has 1 amide bonds. The van der Waals surface area contributed by atoms with Crippen molar-refractivity contribution >= 4 is 23.2 Å². The van der Waals surface area contributed by atoms with E-state index in [9.17, 15) is 14.7 Å². The lowest BCUT2D eigenvalue weighted by atomic mass is 9.94. The summed E-state index contributed by atoms with van der Waals surface area (Å²) in [5, 5.41) is 11.1. The first-order valence-electron chi connectivity index (χ1n) is 7.88. The largest absolute Gasteiger partial charge is 0.481 e. The fourth-order valence-corrected chi connectivity index (χ4v) is 3.94. The molecule has 1 fully saturated rings. The molecule has 1 aromatic carbocycles. The minimum absolute atomic E-state index is 0.137. The Morgan fingerprint density at radius 1 is 1.21 bits per heavy atom. The van der Waals surface area contributed by atoms with Crippen molar-refractivity contribution in [3.8, 4) is 11.1 Å². The van der Waals surface area contributed by atoms with E-state index in [1.54, 1.807) is 4.90 Å². The molecular formula is C18H20N2O3S. The van der Waals surface area contributed by atoms with Gasteiger partial charge < -0.3 is 15.7 Å². The number of thiophene rings is 1. The highest BCUT2D eigenvalue weighted by Crippen LogP contribution is 2.31. The number of carbonyl (C=O) groups is 2. The van der Waals surface area contributed by atoms with Crippen LogP contribution >= 0.6 is 11.3 Å². The van der Waals surface area contributed by atoms with Gasteiger partial charge in [0.25, 0.3) is 5.91 Å². The van der Waals surface area contributed by atoms with Gasteiger partial charge in [-0.05, 0) is 30.4 Å². The topological polar surface area (TPSA) is 83.6 Å². The molecule has 6 heteroatoms. The highest BCUT2D eigenvalue weighted by molar-refractivity contribution is 7.12. The first-order valence-corrected chi connectivity index (χ1v) is 8.76. The first-order chi connectivity index (χ1) is 11.5. The molecule has 2 heterocycles. The molecule has 1 aromatic heterocycles. The van der Waals surface area contributed by atoms with Gasteiger partial charge >= 0.3 is 5.97 Å². The van der Waals surface area contributed by atoms with Gasteiger partial charge in [-0.25, -0.2) is 0 Å². The SMILES string of the molecule is Cc1ccc(-c2ccsc2C(=O)N2CC(N)CC(C(=O)O)C2)cc1. The second kappa shape index (κ2) is 6.75. The Morgan fingerprint density at radius 2 is 1.92 bits per heavy atom. The number of carboxylic acid groups (broad SMARTS) is 1. The van der Waals surface area contributed by atoms with Crippen molar-refractivity contribution in [2.75, 3.05) is 13.1 Å². The van der Waals surface area contributed by atoms with Crippen LogP contribution in [0.3, 0.4) is 0 Å². The van der Waals surface area contributed by atoms with Crippen LogP contribution in [-0.4, -0.2) is 41.0 Å². The molecule has 0 bridgehead atoms. The smallest absolute Gasteiger partial charge is 0.308 e. The summed E-state index contributed by atoms with van der Waals surface area (Å²) < 4.78 is 0. The molecule has 2 atom stereocenters. The monoisotopic (exact) mass is 344 g/mol. The molecule has 0 spiro atoms. The molecular weight excluding hydrogens is 324 g/mol. The van der Waals surface area contributed by atoms with Gasteiger partial charge in [-0.15, -0.1) is 11.3 Å². The number of hydrogen-bond donors (Lipinski definition) is 2. The van der Waals surface area contributed by atoms with Gasteiger partial charge in [-0.1, -0.05) is 29.8 Å². The van der Waals surface area contributed by atoms with Gasteiger partial charge in [0.1, 0.15) is 0 Å². The summed E-state index contributed by atoms with van der Waals surface area (Å²) in [4.78, 5) is 26.4. The molecule has 5 nitrogen and oxygen atoms in total. The second-order valence-corrected chi connectivity index (χ2v) is 7.19. The maximum absolute atomic E-state index is 12.9. The van der Waals surface area contributed by atoms with E-state index in [-0.39, 0.29) is 18.5 Å². The Labute approximate surface area is 144 Å². The maximum Gasteiger partial charge on any atom is 0.308 e. The van der Waals surface area contributed by atoms with Crippen LogP contribution in [-0.2, 0) is 4.79 Å². The number of aliphatic carboxylic acids is 1. The van der Waals surface area contributed by atoms with Crippen molar-refractivity contribution in [3.63, 3.8) is 0 Å². The van der Waals surface area contributed by atoms with E-state index < -0.39 is 11.9 Å². The number of amides is 1. The van der Waals surface area contributed by atoms with Crippen LogP contribution in [0.1, 0.15) is 21.7 Å². The van der Waals surface area contributed by atoms with E-state index in [4.69, 9.17) is 5.73 Å². The lowest BCUT2D eigenvalue weighted by molar-refractivity contribution is -0.143. The predicted octanol–water partition coefficient (Wildman–Crippen LogP) is 2.60. The van der Waals surface area contributed by atoms with Gasteiger partial charge in [0.2, 0.25) is 0 Å². The molecule has 3 rings (SSSR count). The molecule has 0 saturated carbocycles. The Bertz CT molecular complexity index is 754. The average molecular weight is 344 g/mol. The molecule has 2 aromatic rings. The normalized spacial score (nSPS) is 20.8. The number of carbonyl (C=O) groups excluding carboxylic acids is 1. The van der Waals surface area contributed by atoms with Crippen molar-refractivity contribution in [1.82, 2.24) is 4.90 Å². The number of piperidine rings is 1. The number of benzene rings is 1. The van der Waals surface area contributed by atoms with Gasteiger partial charge in [0.15, 0.2) is 0 Å². The van der Waals surface area contributed by atoms with Crippen LogP contribution in [0.4, 0.5) is 0 Å². The van der Waals surface area contributed by atoms with Crippen molar-refractivity contribution in [2.24, 2.45) is 11.7 Å². The van der Waals surface area contributed by atoms with Crippen LogP contribution in [0.25, 0.3) is 11.1 Å². The summed E-state index contributed by atoms with van der Waals surface area (Å²) in [7, 11) is 0. The highest BCUT2D eigenvalue weighted by Gasteiger charge is 2.33. The van der Waals surface area contributed by atoms with Crippen LogP contribution in [0.2, 0.25) is 0 Å². The summed E-state index contributed by atoms with van der Waals surface area (Å²) in [5.41, 5.74) is 8.99. The number of rotatable bonds is 3. The third-order valence-corrected chi connectivity index (χ3v) is 5.24. The zero-order valence-electron chi connectivity index (χ0n) is 13.4. The van der Waals surface area contributed by atoms with Gasteiger partial charge in [0, 0.05) is 24.7 Å². The molecule has 24 heavy (non-hydrogen) atoms. The molecule has 0 aliphatic carbocycles. The number of hydrogen-bond acceptors (Lipinski definition) is 4. The van der Waals surface area contributed by atoms with E-state index in [2.05, 4.69) is 0 Å². The Morgan fingerprint density at radius 3 is 2.58 bits per heavy atom. The number of aryl methyl sites for hydroxylation is 1. The molecule has 1 saturated heterocycles. The number of likely N-dealkylation sites (tertiary alicyclic amines) is 1. The molecule has 1 aliphatic heterocycles. The molecule has 2 unspecified atom stereocenters. The fourth-order valence-electron chi connectivity index (χ4n) is 3.06. The van der Waals surface area contributed by atoms with Crippen LogP contribution in [0.5, 0.6) is 0 Å². The lowest BCUT2D eigenvalue weighted by Gasteiger charge is -2.34. The molecule has 0 radical (unpaired) electrons. The van der Waals surface area contributed by atoms with E-state index >= 15 is 0 Å². The van der Waals surface area contributed by atoms with Crippen LogP contribution in [0.15, 0.2) is 35.7 Å². The minimum atomic E-state index is -0.895. The minimum Gasteiger partial charge on any atom is -0.481 e. The molecule has 3 N–H and O–H groups in total. The number of carboxylic acids is 1. The summed E-state index contributed by atoms with van der Waals surface area (Å²) in [6.07, 6.45) is 0.411. The Hall–Kier alpha value is -2.18. The van der Waals surface area contributed by atoms with E-state index in [1.165, 1.54) is 11.3 Å². The van der Waals surface area contributed by atoms with Crippen molar-refractivity contribution in [3.05, 3.63) is 46.2 Å².